The van der Waals surface area contributed by atoms with Crippen LogP contribution < -0.4 is 4.90 Å². The van der Waals surface area contributed by atoms with Gasteiger partial charge in [-0.1, -0.05) is 6.92 Å². The van der Waals surface area contributed by atoms with Gasteiger partial charge in [-0.2, -0.15) is 0 Å². The lowest BCUT2D eigenvalue weighted by atomic mass is 10.1. The number of rotatable bonds is 5. The van der Waals surface area contributed by atoms with Crippen LogP contribution in [0.15, 0.2) is 5.38 Å². The number of nitrogens with zero attached hydrogens (tertiary/aromatic N) is 2. The predicted octanol–water partition coefficient (Wildman–Crippen LogP) is 1.78. The zero-order valence-electron chi connectivity index (χ0n) is 10.5. The van der Waals surface area contributed by atoms with Crippen LogP contribution in [0.3, 0.4) is 0 Å². The molecule has 0 aliphatic carbocycles. The third kappa shape index (κ3) is 3.43. The van der Waals surface area contributed by atoms with E-state index in [0.717, 1.165) is 43.2 Å². The van der Waals surface area contributed by atoms with Crippen molar-refractivity contribution in [3.8, 4) is 0 Å². The van der Waals surface area contributed by atoms with Crippen molar-refractivity contribution in [2.45, 2.75) is 32.3 Å². The van der Waals surface area contributed by atoms with E-state index in [1.807, 2.05) is 0 Å². The molecule has 2 rings (SSSR count). The maximum atomic E-state index is 10.4. The fourth-order valence-corrected chi connectivity index (χ4v) is 2.97. The monoisotopic (exact) mass is 270 g/mol. The summed E-state index contributed by atoms with van der Waals surface area (Å²) in [7, 11) is 0. The van der Waals surface area contributed by atoms with E-state index in [1.54, 1.807) is 11.3 Å². The highest BCUT2D eigenvalue weighted by atomic mass is 32.1. The minimum Gasteiger partial charge on any atom is -0.480 e. The minimum absolute atomic E-state index is 0.0722. The van der Waals surface area contributed by atoms with Gasteiger partial charge in [0.1, 0.15) is 6.61 Å². The number of hydrogen-bond donors (Lipinski definition) is 1. The second kappa shape index (κ2) is 6.15. The van der Waals surface area contributed by atoms with Crippen LogP contribution in [0.1, 0.15) is 25.5 Å². The summed E-state index contributed by atoms with van der Waals surface area (Å²) < 4.78 is 5.31. The first-order valence-corrected chi connectivity index (χ1v) is 7.09. The van der Waals surface area contributed by atoms with Gasteiger partial charge in [0, 0.05) is 18.5 Å². The number of aryl methyl sites for hydroxylation is 1. The van der Waals surface area contributed by atoms with Crippen LogP contribution in [0.2, 0.25) is 0 Å². The quantitative estimate of drug-likeness (QED) is 0.883. The van der Waals surface area contributed by atoms with Gasteiger partial charge in [-0.05, 0) is 19.3 Å². The van der Waals surface area contributed by atoms with Crippen molar-refractivity contribution >= 4 is 22.4 Å². The first-order valence-electron chi connectivity index (χ1n) is 6.21. The third-order valence-electron chi connectivity index (χ3n) is 3.06. The number of carbonyl (C=O) groups is 1. The molecular formula is C12H18N2O3S. The molecule has 6 heteroatoms. The number of anilines is 1. The van der Waals surface area contributed by atoms with E-state index in [2.05, 4.69) is 22.2 Å². The Morgan fingerprint density at radius 3 is 2.89 bits per heavy atom. The Kier molecular flexibility index (Phi) is 4.54. The van der Waals surface area contributed by atoms with E-state index in [0.29, 0.717) is 0 Å². The highest BCUT2D eigenvalue weighted by molar-refractivity contribution is 7.13. The molecule has 1 fully saturated rings. The summed E-state index contributed by atoms with van der Waals surface area (Å²) in [6.07, 6.45) is 2.78. The minimum atomic E-state index is -0.898. The van der Waals surface area contributed by atoms with Crippen LogP contribution in [0.5, 0.6) is 0 Å². The molecule has 1 aliphatic heterocycles. The fourth-order valence-electron chi connectivity index (χ4n) is 2.01. The number of carboxylic acids is 1. The Hall–Kier alpha value is -1.14. The molecule has 0 bridgehead atoms. The topological polar surface area (TPSA) is 62.7 Å². The van der Waals surface area contributed by atoms with Gasteiger partial charge in [0.2, 0.25) is 0 Å². The summed E-state index contributed by atoms with van der Waals surface area (Å²) in [5, 5.41) is 11.7. The Morgan fingerprint density at radius 2 is 2.33 bits per heavy atom. The predicted molar refractivity (Wildman–Crippen MR) is 70.3 cm³/mol. The second-order valence-corrected chi connectivity index (χ2v) is 5.20. The van der Waals surface area contributed by atoms with E-state index >= 15 is 0 Å². The molecule has 0 radical (unpaired) electrons. The molecule has 1 N–H and O–H groups in total. The van der Waals surface area contributed by atoms with Gasteiger partial charge in [-0.25, -0.2) is 9.78 Å². The van der Waals surface area contributed by atoms with Gasteiger partial charge < -0.3 is 14.7 Å². The first kappa shape index (κ1) is 13.3. The Balaban J connectivity index is 1.81. The number of ether oxygens (including phenoxy) is 1. The summed E-state index contributed by atoms with van der Waals surface area (Å²) in [4.78, 5) is 17.2. The van der Waals surface area contributed by atoms with Gasteiger partial charge in [-0.3, -0.25) is 0 Å². The largest absolute Gasteiger partial charge is 0.480 e. The van der Waals surface area contributed by atoms with Gasteiger partial charge in [0.15, 0.2) is 5.13 Å². The van der Waals surface area contributed by atoms with Crippen molar-refractivity contribution in [2.24, 2.45) is 0 Å². The molecule has 1 aliphatic rings. The van der Waals surface area contributed by atoms with Crippen LogP contribution >= 0.6 is 11.3 Å². The number of aliphatic carboxylic acids is 1. The van der Waals surface area contributed by atoms with Crippen LogP contribution in [0.4, 0.5) is 5.13 Å². The Labute approximate surface area is 110 Å². The van der Waals surface area contributed by atoms with Crippen LogP contribution in [0.25, 0.3) is 0 Å². The number of thiazole rings is 1. The van der Waals surface area contributed by atoms with E-state index < -0.39 is 5.97 Å². The molecule has 1 saturated heterocycles. The number of carboxylic acid groups (broad SMARTS) is 1. The number of aromatic nitrogens is 1. The van der Waals surface area contributed by atoms with Gasteiger partial charge in [0.05, 0.1) is 11.8 Å². The molecule has 100 valence electrons. The highest BCUT2D eigenvalue weighted by Gasteiger charge is 2.22. The normalized spacial score (nSPS) is 17.1. The molecule has 0 amide bonds. The van der Waals surface area contributed by atoms with Crippen molar-refractivity contribution in [1.29, 1.82) is 0 Å². The molecule has 0 aromatic carbocycles. The second-order valence-electron chi connectivity index (χ2n) is 4.37. The van der Waals surface area contributed by atoms with Crippen molar-refractivity contribution in [3.05, 3.63) is 11.1 Å². The Morgan fingerprint density at radius 1 is 1.61 bits per heavy atom. The lowest BCUT2D eigenvalue weighted by Crippen LogP contribution is -2.37. The first-order chi connectivity index (χ1) is 8.69. The smallest absolute Gasteiger partial charge is 0.329 e. The lowest BCUT2D eigenvalue weighted by molar-refractivity contribution is -0.144. The van der Waals surface area contributed by atoms with Crippen LogP contribution in [-0.4, -0.2) is 41.9 Å². The molecule has 1 aromatic heterocycles. The maximum Gasteiger partial charge on any atom is 0.329 e. The van der Waals surface area contributed by atoms with E-state index in [-0.39, 0.29) is 12.7 Å². The Bertz CT molecular complexity index is 400. The standard InChI is InChI=1S/C12H18N2O3S/c1-2-9-8-18-12(13-9)14-5-3-10(4-6-14)17-7-11(15)16/h8,10H,2-7H2,1H3,(H,15,16). The molecule has 0 spiro atoms. The summed E-state index contributed by atoms with van der Waals surface area (Å²) in [5.41, 5.74) is 1.14. The van der Waals surface area contributed by atoms with Crippen molar-refractivity contribution in [3.63, 3.8) is 0 Å². The highest BCUT2D eigenvalue weighted by Crippen LogP contribution is 2.25. The molecule has 2 heterocycles. The molecule has 18 heavy (non-hydrogen) atoms. The number of hydrogen-bond acceptors (Lipinski definition) is 5. The lowest BCUT2D eigenvalue weighted by Gasteiger charge is -2.31. The molecular weight excluding hydrogens is 252 g/mol. The van der Waals surface area contributed by atoms with Crippen molar-refractivity contribution in [1.82, 2.24) is 4.98 Å². The summed E-state index contributed by atoms with van der Waals surface area (Å²) in [6, 6.07) is 0. The average molecular weight is 270 g/mol. The van der Waals surface area contributed by atoms with E-state index in [4.69, 9.17) is 9.84 Å². The van der Waals surface area contributed by atoms with E-state index in [9.17, 15) is 4.79 Å². The van der Waals surface area contributed by atoms with Crippen molar-refractivity contribution < 1.29 is 14.6 Å². The van der Waals surface area contributed by atoms with Gasteiger partial charge in [0.25, 0.3) is 0 Å². The van der Waals surface area contributed by atoms with Crippen LogP contribution in [-0.2, 0) is 16.0 Å². The zero-order valence-corrected chi connectivity index (χ0v) is 11.3. The maximum absolute atomic E-state index is 10.4. The van der Waals surface area contributed by atoms with E-state index in [1.165, 1.54) is 0 Å². The van der Waals surface area contributed by atoms with Gasteiger partial charge >= 0.3 is 5.97 Å². The van der Waals surface area contributed by atoms with Crippen molar-refractivity contribution in [2.75, 3.05) is 24.6 Å². The number of piperidine rings is 1. The summed E-state index contributed by atoms with van der Waals surface area (Å²) >= 11 is 1.68. The van der Waals surface area contributed by atoms with Gasteiger partial charge in [-0.15, -0.1) is 11.3 Å². The SMILES string of the molecule is CCc1csc(N2CCC(OCC(=O)O)CC2)n1. The summed E-state index contributed by atoms with van der Waals surface area (Å²) in [6.45, 7) is 3.69. The fraction of sp³-hybridized carbons (Fsp3) is 0.667. The molecule has 0 saturated carbocycles. The van der Waals surface area contributed by atoms with Crippen LogP contribution in [0, 0.1) is 0 Å². The third-order valence-corrected chi connectivity index (χ3v) is 4.01. The zero-order chi connectivity index (χ0) is 13.0. The average Bonchev–Trinajstić information content (AvgIpc) is 2.85. The molecule has 0 unspecified atom stereocenters. The molecule has 5 nitrogen and oxygen atoms in total. The molecule has 1 aromatic rings. The summed E-state index contributed by atoms with van der Waals surface area (Å²) in [5.74, 6) is -0.898. The molecule has 0 atom stereocenters.